The second kappa shape index (κ2) is 22.1. The van der Waals surface area contributed by atoms with Crippen molar-refractivity contribution in [1.82, 2.24) is 9.97 Å². The van der Waals surface area contributed by atoms with E-state index in [1.54, 1.807) is 0 Å². The molecule has 2 aliphatic heterocycles. The van der Waals surface area contributed by atoms with Gasteiger partial charge < -0.3 is 124 Å². The number of para-hydroxylation sites is 2. The molecule has 4 aromatic heterocycles. The van der Waals surface area contributed by atoms with E-state index >= 15 is 0 Å². The molecule has 6 aromatic rings. The molecular formula is C47H56I4N8O2. The second-order valence-corrected chi connectivity index (χ2v) is 16.8. The van der Waals surface area contributed by atoms with Crippen LogP contribution in [0.3, 0.4) is 0 Å². The Kier molecular flexibility index (Phi) is 18.4. The number of hydrogen-bond acceptors (Lipinski definition) is 6. The summed E-state index contributed by atoms with van der Waals surface area (Å²) in [5.74, 6) is 1.24. The average Bonchev–Trinajstić information content (AvgIpc) is 3.81. The fourth-order valence-electron chi connectivity index (χ4n) is 8.20. The van der Waals surface area contributed by atoms with Crippen molar-refractivity contribution in [2.45, 2.75) is 19.3 Å². The average molecular weight is 1270 g/mol. The van der Waals surface area contributed by atoms with Crippen LogP contribution in [0.4, 0.5) is 11.4 Å². The first-order chi connectivity index (χ1) is 27.5. The molecule has 2 aromatic carbocycles. The van der Waals surface area contributed by atoms with Crippen molar-refractivity contribution in [2.75, 3.05) is 77.3 Å². The number of aryl methyl sites for hydroxylation is 2. The van der Waals surface area contributed by atoms with Gasteiger partial charge in [0.05, 0.1) is 80.9 Å². The van der Waals surface area contributed by atoms with Crippen molar-refractivity contribution in [3.05, 3.63) is 133 Å². The lowest BCUT2D eigenvalue weighted by molar-refractivity contribution is -0.909. The summed E-state index contributed by atoms with van der Waals surface area (Å²) in [6, 6.07) is 25.2. The molecule has 0 saturated heterocycles. The maximum atomic E-state index is 6.06. The molecule has 0 bridgehead atoms. The summed E-state index contributed by atoms with van der Waals surface area (Å²) in [5.41, 5.74) is 10.3. The van der Waals surface area contributed by atoms with Crippen LogP contribution in [-0.4, -0.2) is 86.4 Å². The Hall–Kier alpha value is -2.92. The van der Waals surface area contributed by atoms with Crippen molar-refractivity contribution in [1.29, 1.82) is 0 Å². The first kappa shape index (κ1) is 50.7. The van der Waals surface area contributed by atoms with Gasteiger partial charge in [-0.2, -0.15) is 0 Å². The molecule has 0 radical (unpaired) electrons. The van der Waals surface area contributed by atoms with Gasteiger partial charge in [0.1, 0.15) is 0 Å². The lowest BCUT2D eigenvalue weighted by Crippen LogP contribution is -3.00. The van der Waals surface area contributed by atoms with E-state index in [0.717, 1.165) is 81.6 Å². The Labute approximate surface area is 429 Å². The molecule has 0 fully saturated rings. The third kappa shape index (κ3) is 12.2. The number of halogens is 4. The Balaban J connectivity index is 0.00000205. The molecule has 0 N–H and O–H groups in total. The highest BCUT2D eigenvalue weighted by atomic mass is 127. The summed E-state index contributed by atoms with van der Waals surface area (Å²) in [4.78, 5) is 14.3. The van der Waals surface area contributed by atoms with Crippen molar-refractivity contribution in [2.24, 2.45) is 14.1 Å². The van der Waals surface area contributed by atoms with Crippen molar-refractivity contribution in [3.8, 4) is 0 Å². The Morgan fingerprint density at radius 3 is 1.34 bits per heavy atom. The fraction of sp³-hybridized carbons (Fsp3) is 0.319. The van der Waals surface area contributed by atoms with Gasteiger partial charge >= 0.3 is 23.1 Å². The fourth-order valence-corrected chi connectivity index (χ4v) is 8.20. The van der Waals surface area contributed by atoms with Gasteiger partial charge in [-0.25, -0.2) is 9.13 Å². The van der Waals surface area contributed by atoms with E-state index in [2.05, 4.69) is 111 Å². The van der Waals surface area contributed by atoms with Gasteiger partial charge in [0.15, 0.2) is 0 Å². The third-order valence-corrected chi connectivity index (χ3v) is 11.4. The van der Waals surface area contributed by atoms with Crippen LogP contribution in [0.1, 0.15) is 42.2 Å². The molecule has 10 nitrogen and oxygen atoms in total. The Bertz CT molecular complexity index is 2370. The zero-order valence-electron chi connectivity index (χ0n) is 35.8. The number of hydrogen-bond donors (Lipinski definition) is 0. The van der Waals surface area contributed by atoms with Crippen LogP contribution in [0.25, 0.3) is 45.8 Å². The lowest BCUT2D eigenvalue weighted by atomic mass is 9.99. The van der Waals surface area contributed by atoms with Crippen LogP contribution >= 0.6 is 0 Å². The van der Waals surface area contributed by atoms with Crippen molar-refractivity contribution in [3.63, 3.8) is 0 Å². The van der Waals surface area contributed by atoms with Crippen LogP contribution in [0.15, 0.2) is 119 Å². The molecular weight excluding hydrogens is 1220 g/mol. The number of fused-ring (bicyclic) bond motifs is 4. The molecule has 324 valence electrons. The minimum Gasteiger partial charge on any atom is -1.00 e. The normalized spacial score (nSPS) is 14.7. The van der Waals surface area contributed by atoms with Crippen LogP contribution in [0.2, 0.25) is 0 Å². The molecule has 6 heterocycles. The van der Waals surface area contributed by atoms with E-state index < -0.39 is 0 Å². The number of quaternary nitrogens is 2. The molecule has 61 heavy (non-hydrogen) atoms. The number of aromatic nitrogens is 4. The number of benzene rings is 2. The quantitative estimate of drug-likeness (QED) is 0.0623. The van der Waals surface area contributed by atoms with Gasteiger partial charge in [-0.1, -0.05) is 36.4 Å². The molecule has 0 unspecified atom stereocenters. The monoisotopic (exact) mass is 1270 g/mol. The number of nitrogens with zero attached hydrogens (tertiary/aromatic N) is 8. The predicted molar refractivity (Wildman–Crippen MR) is 230 cm³/mol. The summed E-state index contributed by atoms with van der Waals surface area (Å²) in [7, 11) is 13.5. The SMILES string of the molecule is C[n+]1cccc2oc(C=C3C=CN(CCC[N+](C)(C)CCC[N+](C)(C)CCCN4C=CC(=Cc5nc6c(ccc[n+]6C)o5)c5ccccc54)c4ccccc43)nc21.[I-].[I-].[I-].[I-]. The predicted octanol–water partition coefficient (Wildman–Crippen LogP) is -4.59. The molecule has 8 rings (SSSR count). The highest BCUT2D eigenvalue weighted by Gasteiger charge is 2.24. The van der Waals surface area contributed by atoms with Gasteiger partial charge in [0, 0.05) is 89.4 Å². The van der Waals surface area contributed by atoms with Crippen LogP contribution in [0, 0.1) is 0 Å². The minimum atomic E-state index is 0. The first-order valence-corrected chi connectivity index (χ1v) is 20.2. The smallest absolute Gasteiger partial charge is 0.370 e. The zero-order chi connectivity index (χ0) is 39.6. The molecule has 14 heteroatoms. The second-order valence-electron chi connectivity index (χ2n) is 16.8. The van der Waals surface area contributed by atoms with Crippen molar-refractivity contribution >= 4 is 57.1 Å². The summed E-state index contributed by atoms with van der Waals surface area (Å²) in [5, 5.41) is 0. The maximum Gasteiger partial charge on any atom is 0.370 e. The van der Waals surface area contributed by atoms with Gasteiger partial charge in [0.2, 0.25) is 11.2 Å². The Morgan fingerprint density at radius 1 is 0.541 bits per heavy atom. The molecule has 0 spiro atoms. The first-order valence-electron chi connectivity index (χ1n) is 20.2. The summed E-state index contributed by atoms with van der Waals surface area (Å²) in [6.45, 7) is 6.54. The van der Waals surface area contributed by atoms with Gasteiger partial charge in [-0.3, -0.25) is 0 Å². The highest BCUT2D eigenvalue weighted by Crippen LogP contribution is 2.35. The molecule has 0 saturated carbocycles. The van der Waals surface area contributed by atoms with Gasteiger partial charge in [0.25, 0.3) is 0 Å². The van der Waals surface area contributed by atoms with Gasteiger partial charge in [-0.15, -0.1) is 0 Å². The maximum absolute atomic E-state index is 6.06. The van der Waals surface area contributed by atoms with E-state index in [-0.39, 0.29) is 95.9 Å². The third-order valence-electron chi connectivity index (χ3n) is 11.4. The summed E-state index contributed by atoms with van der Waals surface area (Å²) in [6.07, 6.45) is 20.3. The van der Waals surface area contributed by atoms with E-state index in [0.29, 0.717) is 11.8 Å². The van der Waals surface area contributed by atoms with Crippen LogP contribution in [0.5, 0.6) is 0 Å². The number of oxazole rings is 2. The molecule has 0 aliphatic carbocycles. The zero-order valence-corrected chi connectivity index (χ0v) is 44.4. The molecule has 2 aliphatic rings. The van der Waals surface area contributed by atoms with E-state index in [1.807, 2.05) is 72.0 Å². The summed E-state index contributed by atoms with van der Waals surface area (Å²) < 4.78 is 18.1. The minimum absolute atomic E-state index is 0. The number of allylic oxidation sites excluding steroid dienone is 4. The van der Waals surface area contributed by atoms with Crippen molar-refractivity contribution < 1.29 is 123 Å². The van der Waals surface area contributed by atoms with Gasteiger partial charge in [-0.05, 0) is 59.7 Å². The number of pyridine rings is 2. The van der Waals surface area contributed by atoms with Crippen LogP contribution in [-0.2, 0) is 14.1 Å². The topological polar surface area (TPSA) is 66.3 Å². The lowest BCUT2D eigenvalue weighted by Gasteiger charge is -2.35. The number of anilines is 2. The number of rotatable bonds is 14. The molecule has 0 amide bonds. The largest absolute Gasteiger partial charge is 1.00 e. The van der Waals surface area contributed by atoms with E-state index in [1.165, 1.54) is 42.0 Å². The summed E-state index contributed by atoms with van der Waals surface area (Å²) >= 11 is 0. The highest BCUT2D eigenvalue weighted by molar-refractivity contribution is 5.95. The Morgan fingerprint density at radius 2 is 0.934 bits per heavy atom. The van der Waals surface area contributed by atoms with Crippen LogP contribution < -0.4 is 115 Å². The van der Waals surface area contributed by atoms with E-state index in [9.17, 15) is 0 Å². The molecule has 0 atom stereocenters. The standard InChI is InChI=1S/C47H56N8O2.4HI/c1-50-24-11-20-42-46(50)48-44(56-42)34-36-22-28-52(40-18-9-7-16-38(36)40)26-13-30-54(3,4)32-15-33-55(5,6)31-14-27-53-29-23-37(39-17-8-10-19-41(39)53)35-45-49-47-43(57-45)21-12-25-51(47)2;;;;/h7-12,16-25,28-29,34-35H,13-15,26-27,30-33H2,1-6H3;4*1H/q+4;;;;/p-4. The van der Waals surface area contributed by atoms with E-state index in [4.69, 9.17) is 18.8 Å².